The largest absolute Gasteiger partial charge is 0.463 e. The Bertz CT molecular complexity index is 225. The van der Waals surface area contributed by atoms with Gasteiger partial charge in [-0.2, -0.15) is 0 Å². The highest BCUT2D eigenvalue weighted by Gasteiger charge is 2.39. The third kappa shape index (κ3) is 2.82. The number of esters is 1. The van der Waals surface area contributed by atoms with Gasteiger partial charge < -0.3 is 4.74 Å². The molecule has 3 heteroatoms. The molecule has 1 atom stereocenters. The summed E-state index contributed by atoms with van der Waals surface area (Å²) >= 11 is 0. The number of carbonyl (C=O) groups excluding carboxylic acids is 1. The summed E-state index contributed by atoms with van der Waals surface area (Å²) in [5.41, 5.74) is -1.76. The minimum Gasteiger partial charge on any atom is -0.463 e. The number of unbranched alkanes of at least 4 members (excludes halogenated alkanes) is 1. The maximum absolute atomic E-state index is 13.9. The first-order valence-electron chi connectivity index (χ1n) is 5.20. The van der Waals surface area contributed by atoms with Gasteiger partial charge in [-0.3, -0.25) is 0 Å². The summed E-state index contributed by atoms with van der Waals surface area (Å²) in [6, 6.07) is 0. The summed E-state index contributed by atoms with van der Waals surface area (Å²) in [6.45, 7) is 2.34. The fourth-order valence-corrected chi connectivity index (χ4v) is 1.43. The number of ether oxygens (including phenoxy) is 1. The van der Waals surface area contributed by atoms with E-state index in [9.17, 15) is 9.18 Å². The average Bonchev–Trinajstić information content (AvgIpc) is 2.19. The van der Waals surface area contributed by atoms with E-state index in [-0.39, 0.29) is 12.8 Å². The lowest BCUT2D eigenvalue weighted by atomic mass is 9.91. The summed E-state index contributed by atoms with van der Waals surface area (Å²) in [6.07, 6.45) is 6.41. The zero-order chi connectivity index (χ0) is 10.4. The van der Waals surface area contributed by atoms with Crippen molar-refractivity contribution in [2.75, 3.05) is 6.61 Å². The molecule has 0 N–H and O–H groups in total. The highest BCUT2D eigenvalue weighted by Crippen LogP contribution is 2.29. The minimum atomic E-state index is -1.76. The predicted molar refractivity (Wildman–Crippen MR) is 52.7 cm³/mol. The molecular formula is C11H17FO2. The van der Waals surface area contributed by atoms with Crippen molar-refractivity contribution in [3.8, 4) is 0 Å². The minimum absolute atomic E-state index is 0.165. The van der Waals surface area contributed by atoms with Gasteiger partial charge in [-0.25, -0.2) is 9.18 Å². The molecule has 0 aromatic rings. The molecule has 1 aliphatic carbocycles. The van der Waals surface area contributed by atoms with Crippen molar-refractivity contribution >= 4 is 5.97 Å². The van der Waals surface area contributed by atoms with Crippen molar-refractivity contribution in [2.24, 2.45) is 0 Å². The second kappa shape index (κ2) is 5.13. The van der Waals surface area contributed by atoms with E-state index in [1.807, 2.05) is 13.0 Å². The quantitative estimate of drug-likeness (QED) is 0.396. The fourth-order valence-electron chi connectivity index (χ4n) is 1.43. The fraction of sp³-hybridized carbons (Fsp3) is 0.727. The van der Waals surface area contributed by atoms with Crippen LogP contribution in [0.5, 0.6) is 0 Å². The van der Waals surface area contributed by atoms with Crippen LogP contribution in [0.25, 0.3) is 0 Å². The van der Waals surface area contributed by atoms with Crippen molar-refractivity contribution in [1.82, 2.24) is 0 Å². The smallest absolute Gasteiger partial charge is 0.344 e. The van der Waals surface area contributed by atoms with E-state index >= 15 is 0 Å². The second-order valence-corrected chi connectivity index (χ2v) is 3.67. The Kier molecular flexibility index (Phi) is 4.11. The van der Waals surface area contributed by atoms with Crippen molar-refractivity contribution in [2.45, 2.75) is 44.7 Å². The van der Waals surface area contributed by atoms with Crippen molar-refractivity contribution in [3.05, 3.63) is 12.2 Å². The first-order chi connectivity index (χ1) is 6.69. The summed E-state index contributed by atoms with van der Waals surface area (Å²) in [5, 5.41) is 0. The van der Waals surface area contributed by atoms with Gasteiger partial charge in [0.05, 0.1) is 6.61 Å². The first kappa shape index (κ1) is 11.2. The standard InChI is InChI=1S/C11H17FO2/c1-2-3-9-14-10(13)11(12)7-5-4-6-8-11/h4-5H,2-3,6-9H2,1H3/t11-/m0/s1. The van der Waals surface area contributed by atoms with E-state index < -0.39 is 11.6 Å². The van der Waals surface area contributed by atoms with Crippen LogP contribution in [-0.4, -0.2) is 18.2 Å². The maximum Gasteiger partial charge on any atom is 0.344 e. The molecular weight excluding hydrogens is 183 g/mol. The van der Waals surface area contributed by atoms with Gasteiger partial charge in [-0.15, -0.1) is 0 Å². The van der Waals surface area contributed by atoms with Crippen molar-refractivity contribution in [1.29, 1.82) is 0 Å². The number of hydrogen-bond donors (Lipinski definition) is 0. The van der Waals surface area contributed by atoms with Gasteiger partial charge in [0.15, 0.2) is 0 Å². The van der Waals surface area contributed by atoms with Gasteiger partial charge in [0.1, 0.15) is 0 Å². The topological polar surface area (TPSA) is 26.3 Å². The van der Waals surface area contributed by atoms with E-state index in [1.165, 1.54) is 0 Å². The van der Waals surface area contributed by atoms with Crippen LogP contribution < -0.4 is 0 Å². The van der Waals surface area contributed by atoms with Crippen LogP contribution in [-0.2, 0) is 9.53 Å². The normalized spacial score (nSPS) is 26.1. The number of rotatable bonds is 4. The zero-order valence-corrected chi connectivity index (χ0v) is 8.59. The first-order valence-corrected chi connectivity index (χ1v) is 5.20. The Hall–Kier alpha value is -0.860. The van der Waals surface area contributed by atoms with Gasteiger partial charge in [0, 0.05) is 6.42 Å². The van der Waals surface area contributed by atoms with E-state index in [1.54, 1.807) is 6.08 Å². The number of hydrogen-bond acceptors (Lipinski definition) is 2. The van der Waals surface area contributed by atoms with Crippen LogP contribution in [0.4, 0.5) is 4.39 Å². The summed E-state index contributed by atoms with van der Waals surface area (Å²) in [4.78, 5) is 11.4. The molecule has 0 aromatic carbocycles. The Labute approximate surface area is 84.1 Å². The van der Waals surface area contributed by atoms with Gasteiger partial charge in [0.25, 0.3) is 0 Å². The van der Waals surface area contributed by atoms with E-state index in [0.717, 1.165) is 12.8 Å². The molecule has 0 saturated heterocycles. The average molecular weight is 200 g/mol. The maximum atomic E-state index is 13.9. The third-order valence-corrected chi connectivity index (χ3v) is 2.41. The number of allylic oxidation sites excluding steroid dienone is 2. The number of carbonyl (C=O) groups is 1. The zero-order valence-electron chi connectivity index (χ0n) is 8.59. The van der Waals surface area contributed by atoms with Crippen LogP contribution >= 0.6 is 0 Å². The molecule has 1 rings (SSSR count). The summed E-state index contributed by atoms with van der Waals surface area (Å²) in [7, 11) is 0. The monoisotopic (exact) mass is 200 g/mol. The molecule has 0 fully saturated rings. The molecule has 0 heterocycles. The highest BCUT2D eigenvalue weighted by molar-refractivity contribution is 5.79. The molecule has 2 nitrogen and oxygen atoms in total. The van der Waals surface area contributed by atoms with E-state index in [4.69, 9.17) is 4.74 Å². The number of alkyl halides is 1. The lowest BCUT2D eigenvalue weighted by Gasteiger charge is -2.23. The Balaban J connectivity index is 2.38. The summed E-state index contributed by atoms with van der Waals surface area (Å²) < 4.78 is 18.7. The third-order valence-electron chi connectivity index (χ3n) is 2.41. The molecule has 80 valence electrons. The molecule has 1 aliphatic rings. The van der Waals surface area contributed by atoms with Crippen molar-refractivity contribution < 1.29 is 13.9 Å². The summed E-state index contributed by atoms with van der Waals surface area (Å²) in [5.74, 6) is -0.685. The predicted octanol–water partition coefficient (Wildman–Crippen LogP) is 2.78. The molecule has 0 radical (unpaired) electrons. The lowest BCUT2D eigenvalue weighted by Crippen LogP contribution is -2.36. The lowest BCUT2D eigenvalue weighted by molar-refractivity contribution is -0.158. The van der Waals surface area contributed by atoms with Crippen LogP contribution in [0.15, 0.2) is 12.2 Å². The molecule has 0 amide bonds. The molecule has 0 bridgehead atoms. The Morgan fingerprint density at radius 1 is 1.57 bits per heavy atom. The molecule has 0 spiro atoms. The molecule has 0 aliphatic heterocycles. The highest BCUT2D eigenvalue weighted by atomic mass is 19.1. The van der Waals surface area contributed by atoms with Gasteiger partial charge in [0.2, 0.25) is 5.67 Å². The second-order valence-electron chi connectivity index (χ2n) is 3.67. The SMILES string of the molecule is CCCCOC(=O)[C@]1(F)CC=CCC1. The van der Waals surface area contributed by atoms with Gasteiger partial charge in [-0.1, -0.05) is 25.5 Å². The Morgan fingerprint density at radius 3 is 2.93 bits per heavy atom. The van der Waals surface area contributed by atoms with Gasteiger partial charge in [-0.05, 0) is 19.3 Å². The van der Waals surface area contributed by atoms with Crippen LogP contribution in [0.3, 0.4) is 0 Å². The molecule has 14 heavy (non-hydrogen) atoms. The molecule has 0 saturated carbocycles. The van der Waals surface area contributed by atoms with Crippen LogP contribution in [0.2, 0.25) is 0 Å². The van der Waals surface area contributed by atoms with Gasteiger partial charge >= 0.3 is 5.97 Å². The van der Waals surface area contributed by atoms with Crippen LogP contribution in [0, 0.1) is 0 Å². The van der Waals surface area contributed by atoms with Crippen molar-refractivity contribution in [3.63, 3.8) is 0 Å². The van der Waals surface area contributed by atoms with Crippen LogP contribution in [0.1, 0.15) is 39.0 Å². The van der Waals surface area contributed by atoms with E-state index in [2.05, 4.69) is 0 Å². The van der Waals surface area contributed by atoms with E-state index in [0.29, 0.717) is 13.0 Å². The molecule has 0 aromatic heterocycles. The Morgan fingerprint density at radius 2 is 2.36 bits per heavy atom. The number of halogens is 1. The molecule has 0 unspecified atom stereocenters.